The number of hydrogen-bond acceptors (Lipinski definition) is 4. The molecule has 0 aromatic heterocycles. The van der Waals surface area contributed by atoms with E-state index in [-0.39, 0.29) is 17.8 Å². The summed E-state index contributed by atoms with van der Waals surface area (Å²) in [5, 5.41) is 0. The molecule has 2 fully saturated rings. The third-order valence-electron chi connectivity index (χ3n) is 4.88. The smallest absolute Gasteiger partial charge is 0.318 e. The number of piperidine rings is 2. The fraction of sp³-hybridized carbons (Fsp3) is 0.556. The number of carbonyl (C=O) groups excluding carboxylic acids is 2. The highest BCUT2D eigenvalue weighted by molar-refractivity contribution is 6.00. The zero-order valence-electron chi connectivity index (χ0n) is 13.0. The van der Waals surface area contributed by atoms with Crippen molar-refractivity contribution in [1.29, 1.82) is 0 Å². The predicted molar refractivity (Wildman–Crippen MR) is 83.3 cm³/mol. The number of ketones is 1. The summed E-state index contributed by atoms with van der Waals surface area (Å²) in [6.45, 7) is 2.87. The van der Waals surface area contributed by atoms with Crippen LogP contribution >= 0.6 is 0 Å². The Bertz CT molecular complexity index is 543. The van der Waals surface area contributed by atoms with Gasteiger partial charge in [-0.1, -0.05) is 30.3 Å². The van der Waals surface area contributed by atoms with Crippen LogP contribution in [0.5, 0.6) is 0 Å². The molecule has 2 aliphatic heterocycles. The maximum absolute atomic E-state index is 12.3. The number of fused-ring (bicyclic) bond motifs is 1. The number of Topliss-reactive ketones (excluding diaryl/α,β-unsaturated/α-hetero) is 1. The summed E-state index contributed by atoms with van der Waals surface area (Å²) >= 11 is 0. The van der Waals surface area contributed by atoms with Gasteiger partial charge in [-0.05, 0) is 31.7 Å². The Hall–Kier alpha value is -1.68. The van der Waals surface area contributed by atoms with Crippen LogP contribution in [-0.4, -0.2) is 35.8 Å². The Morgan fingerprint density at radius 1 is 1.27 bits per heavy atom. The molecule has 2 aliphatic rings. The Morgan fingerprint density at radius 3 is 2.77 bits per heavy atom. The van der Waals surface area contributed by atoms with E-state index in [0.717, 1.165) is 25.8 Å². The number of nitrogens with zero attached hydrogens (tertiary/aromatic N) is 1. The van der Waals surface area contributed by atoms with Crippen LogP contribution in [-0.2, 0) is 14.3 Å². The summed E-state index contributed by atoms with van der Waals surface area (Å²) in [5.41, 5.74) is 1.28. The molecule has 1 aromatic carbocycles. The van der Waals surface area contributed by atoms with Crippen LogP contribution in [0.4, 0.5) is 0 Å². The summed E-state index contributed by atoms with van der Waals surface area (Å²) in [6.07, 6.45) is 3.48. The van der Waals surface area contributed by atoms with Crippen molar-refractivity contribution in [2.75, 3.05) is 13.2 Å². The molecule has 2 saturated heterocycles. The number of ether oxygens (including phenoxy) is 1. The van der Waals surface area contributed by atoms with Crippen LogP contribution in [0.25, 0.3) is 0 Å². The van der Waals surface area contributed by atoms with Crippen molar-refractivity contribution in [3.05, 3.63) is 35.9 Å². The monoisotopic (exact) mass is 301 g/mol. The van der Waals surface area contributed by atoms with Gasteiger partial charge in [0.2, 0.25) is 0 Å². The predicted octanol–water partition coefficient (Wildman–Crippen LogP) is 2.73. The topological polar surface area (TPSA) is 46.6 Å². The first kappa shape index (κ1) is 15.2. The third-order valence-corrected chi connectivity index (χ3v) is 4.88. The standard InChI is InChI=1S/C18H23NO3/c1-2-22-18(21)17-15-10-6-9-14(13-7-4-3-5-8-13)19(15)12-11-16(17)20/h3-5,7-8,14-15,17H,2,6,9-12H2,1H3/t14-,15+,17+/m0/s1. The first-order valence-electron chi connectivity index (χ1n) is 8.22. The van der Waals surface area contributed by atoms with Gasteiger partial charge in [-0.2, -0.15) is 0 Å². The lowest BCUT2D eigenvalue weighted by Gasteiger charge is -2.47. The average molecular weight is 301 g/mol. The molecule has 0 spiro atoms. The quantitative estimate of drug-likeness (QED) is 0.636. The lowest BCUT2D eigenvalue weighted by molar-refractivity contribution is -0.159. The minimum Gasteiger partial charge on any atom is -0.465 e. The van der Waals surface area contributed by atoms with Gasteiger partial charge in [0.1, 0.15) is 11.7 Å². The lowest BCUT2D eigenvalue weighted by atomic mass is 9.79. The van der Waals surface area contributed by atoms with Crippen LogP contribution < -0.4 is 0 Å². The van der Waals surface area contributed by atoms with Gasteiger partial charge >= 0.3 is 5.97 Å². The van der Waals surface area contributed by atoms with E-state index in [1.165, 1.54) is 5.56 Å². The molecule has 0 radical (unpaired) electrons. The van der Waals surface area contributed by atoms with Gasteiger partial charge in [0, 0.05) is 25.0 Å². The van der Waals surface area contributed by atoms with Crippen LogP contribution in [0.2, 0.25) is 0 Å². The summed E-state index contributed by atoms with van der Waals surface area (Å²) in [4.78, 5) is 26.9. The van der Waals surface area contributed by atoms with Crippen molar-refractivity contribution < 1.29 is 14.3 Å². The fourth-order valence-electron chi connectivity index (χ4n) is 3.93. The molecule has 0 saturated carbocycles. The third kappa shape index (κ3) is 2.80. The second-order valence-corrected chi connectivity index (χ2v) is 6.11. The molecule has 0 amide bonds. The summed E-state index contributed by atoms with van der Waals surface area (Å²) < 4.78 is 5.16. The van der Waals surface area contributed by atoms with Gasteiger partial charge in [0.05, 0.1) is 6.61 Å². The van der Waals surface area contributed by atoms with E-state index in [1.807, 2.05) is 6.07 Å². The minimum absolute atomic E-state index is 0.000689. The first-order chi connectivity index (χ1) is 10.7. The van der Waals surface area contributed by atoms with Crippen molar-refractivity contribution >= 4 is 11.8 Å². The van der Waals surface area contributed by atoms with Crippen molar-refractivity contribution in [2.45, 2.75) is 44.7 Å². The van der Waals surface area contributed by atoms with E-state index >= 15 is 0 Å². The molecule has 2 heterocycles. The molecule has 0 aliphatic carbocycles. The average Bonchev–Trinajstić information content (AvgIpc) is 2.55. The lowest BCUT2D eigenvalue weighted by Crippen LogP contribution is -2.55. The normalized spacial score (nSPS) is 29.0. The van der Waals surface area contributed by atoms with Crippen molar-refractivity contribution in [3.63, 3.8) is 0 Å². The SMILES string of the molecule is CCOC(=O)[C@H]1C(=O)CCN2[C@@H]1CCC[C@H]2c1ccccc1. The molecular formula is C18H23NO3. The van der Waals surface area contributed by atoms with E-state index in [1.54, 1.807) is 6.92 Å². The number of carbonyl (C=O) groups is 2. The molecule has 4 heteroatoms. The zero-order valence-corrected chi connectivity index (χ0v) is 13.0. The fourth-order valence-corrected chi connectivity index (χ4v) is 3.93. The maximum atomic E-state index is 12.3. The largest absolute Gasteiger partial charge is 0.465 e. The number of hydrogen-bond donors (Lipinski definition) is 0. The molecule has 3 rings (SSSR count). The Labute approximate surface area is 131 Å². The minimum atomic E-state index is -0.597. The van der Waals surface area contributed by atoms with Crippen molar-refractivity contribution in [3.8, 4) is 0 Å². The van der Waals surface area contributed by atoms with Gasteiger partial charge in [-0.15, -0.1) is 0 Å². The summed E-state index contributed by atoms with van der Waals surface area (Å²) in [5.74, 6) is -0.885. The second kappa shape index (κ2) is 6.61. The van der Waals surface area contributed by atoms with Gasteiger partial charge in [-0.25, -0.2) is 0 Å². The van der Waals surface area contributed by atoms with Gasteiger partial charge in [0.15, 0.2) is 0 Å². The van der Waals surface area contributed by atoms with Crippen molar-refractivity contribution in [2.24, 2.45) is 5.92 Å². The highest BCUT2D eigenvalue weighted by Crippen LogP contribution is 2.40. The van der Waals surface area contributed by atoms with E-state index in [0.29, 0.717) is 19.1 Å². The molecule has 118 valence electrons. The first-order valence-corrected chi connectivity index (χ1v) is 8.22. The van der Waals surface area contributed by atoms with E-state index in [2.05, 4.69) is 29.2 Å². The highest BCUT2D eigenvalue weighted by atomic mass is 16.5. The number of esters is 1. The van der Waals surface area contributed by atoms with Crippen LogP contribution in [0, 0.1) is 5.92 Å². The Kier molecular flexibility index (Phi) is 4.57. The number of rotatable bonds is 3. The van der Waals surface area contributed by atoms with Crippen LogP contribution in [0.3, 0.4) is 0 Å². The highest BCUT2D eigenvalue weighted by Gasteiger charge is 2.46. The molecule has 0 bridgehead atoms. The molecule has 4 nitrogen and oxygen atoms in total. The zero-order chi connectivity index (χ0) is 15.5. The Morgan fingerprint density at radius 2 is 2.05 bits per heavy atom. The van der Waals surface area contributed by atoms with Gasteiger partial charge in [0.25, 0.3) is 0 Å². The number of benzene rings is 1. The van der Waals surface area contributed by atoms with Crippen molar-refractivity contribution in [1.82, 2.24) is 4.90 Å². The molecular weight excluding hydrogens is 278 g/mol. The van der Waals surface area contributed by atoms with E-state index in [4.69, 9.17) is 4.74 Å². The van der Waals surface area contributed by atoms with Gasteiger partial charge < -0.3 is 4.74 Å². The molecule has 0 N–H and O–H groups in total. The van der Waals surface area contributed by atoms with E-state index in [9.17, 15) is 9.59 Å². The molecule has 22 heavy (non-hydrogen) atoms. The second-order valence-electron chi connectivity index (χ2n) is 6.11. The summed E-state index contributed by atoms with van der Waals surface area (Å²) in [7, 11) is 0. The Balaban J connectivity index is 1.86. The molecule has 3 atom stereocenters. The molecule has 0 unspecified atom stereocenters. The van der Waals surface area contributed by atoms with E-state index < -0.39 is 5.92 Å². The van der Waals surface area contributed by atoms with Crippen LogP contribution in [0.15, 0.2) is 30.3 Å². The molecule has 1 aromatic rings. The maximum Gasteiger partial charge on any atom is 0.318 e. The summed E-state index contributed by atoms with van der Waals surface area (Å²) in [6, 6.07) is 10.7. The van der Waals surface area contributed by atoms with Crippen LogP contribution in [0.1, 0.15) is 44.2 Å². The van der Waals surface area contributed by atoms with Gasteiger partial charge in [-0.3, -0.25) is 14.5 Å².